The highest BCUT2D eigenvalue weighted by molar-refractivity contribution is 6.31. The fourth-order valence-electron chi connectivity index (χ4n) is 1.32. The third kappa shape index (κ3) is 5.71. The molecular weight excluding hydrogens is 238 g/mol. The number of nitrogens with one attached hydrogen (secondary N) is 1. The van der Waals surface area contributed by atoms with Crippen molar-refractivity contribution in [3.8, 4) is 0 Å². The third-order valence-corrected chi connectivity index (χ3v) is 2.33. The van der Waals surface area contributed by atoms with Crippen molar-refractivity contribution in [2.45, 2.75) is 32.9 Å². The lowest BCUT2D eigenvalue weighted by Crippen LogP contribution is -2.31. The van der Waals surface area contributed by atoms with E-state index in [1.807, 2.05) is 45.0 Å². The molecule has 1 aromatic rings. The lowest BCUT2D eigenvalue weighted by molar-refractivity contribution is -0.153. The molecule has 0 radical (unpaired) electrons. The van der Waals surface area contributed by atoms with E-state index >= 15 is 0 Å². The van der Waals surface area contributed by atoms with Crippen LogP contribution in [0.15, 0.2) is 24.3 Å². The Morgan fingerprint density at radius 3 is 2.59 bits per heavy atom. The van der Waals surface area contributed by atoms with Crippen LogP contribution in [0.3, 0.4) is 0 Å². The average Bonchev–Trinajstić information content (AvgIpc) is 2.18. The Bertz CT molecular complexity index is 385. The van der Waals surface area contributed by atoms with Gasteiger partial charge in [0, 0.05) is 11.6 Å². The predicted molar refractivity (Wildman–Crippen MR) is 69.0 cm³/mol. The molecule has 94 valence electrons. The van der Waals surface area contributed by atoms with E-state index in [0.29, 0.717) is 11.6 Å². The number of halogens is 1. The summed E-state index contributed by atoms with van der Waals surface area (Å²) in [6, 6.07) is 7.53. The molecule has 0 aliphatic carbocycles. The number of benzene rings is 1. The molecule has 3 nitrogen and oxygen atoms in total. The molecule has 17 heavy (non-hydrogen) atoms. The van der Waals surface area contributed by atoms with Crippen LogP contribution in [0.5, 0.6) is 0 Å². The van der Waals surface area contributed by atoms with Crippen LogP contribution in [-0.4, -0.2) is 18.1 Å². The molecule has 0 aliphatic rings. The molecule has 0 saturated carbocycles. The first-order valence-corrected chi connectivity index (χ1v) is 5.92. The summed E-state index contributed by atoms with van der Waals surface area (Å²) in [7, 11) is 0. The molecule has 0 unspecified atom stereocenters. The fourth-order valence-corrected chi connectivity index (χ4v) is 1.52. The Morgan fingerprint density at radius 2 is 2.00 bits per heavy atom. The van der Waals surface area contributed by atoms with E-state index in [-0.39, 0.29) is 12.5 Å². The highest BCUT2D eigenvalue weighted by atomic mass is 35.5. The maximum atomic E-state index is 11.4. The molecule has 0 atom stereocenters. The normalized spacial score (nSPS) is 11.3. The van der Waals surface area contributed by atoms with Gasteiger partial charge in [-0.1, -0.05) is 29.8 Å². The monoisotopic (exact) mass is 255 g/mol. The van der Waals surface area contributed by atoms with Crippen LogP contribution < -0.4 is 5.32 Å². The van der Waals surface area contributed by atoms with Crippen molar-refractivity contribution in [1.82, 2.24) is 5.32 Å². The minimum Gasteiger partial charge on any atom is -0.459 e. The molecule has 4 heteroatoms. The average molecular weight is 256 g/mol. The summed E-state index contributed by atoms with van der Waals surface area (Å²) in [6.07, 6.45) is 0. The molecular formula is C13H18ClNO2. The minimum atomic E-state index is -0.441. The van der Waals surface area contributed by atoms with E-state index in [4.69, 9.17) is 16.3 Å². The summed E-state index contributed by atoms with van der Waals surface area (Å²) >= 11 is 5.99. The SMILES string of the molecule is CC(C)(C)OC(=O)CNCc1ccccc1Cl. The molecule has 0 aromatic heterocycles. The topological polar surface area (TPSA) is 38.3 Å². The number of carbonyl (C=O) groups excluding carboxylic acids is 1. The van der Waals surface area contributed by atoms with Crippen LogP contribution in [0, 0.1) is 0 Å². The Labute approximate surface area is 107 Å². The van der Waals surface area contributed by atoms with Crippen LogP contribution >= 0.6 is 11.6 Å². The van der Waals surface area contributed by atoms with Gasteiger partial charge < -0.3 is 10.1 Å². The largest absolute Gasteiger partial charge is 0.459 e. The van der Waals surface area contributed by atoms with Gasteiger partial charge in [-0.15, -0.1) is 0 Å². The van der Waals surface area contributed by atoms with Gasteiger partial charge >= 0.3 is 5.97 Å². The zero-order chi connectivity index (χ0) is 12.9. The number of hydrogen-bond acceptors (Lipinski definition) is 3. The van der Waals surface area contributed by atoms with Gasteiger partial charge in [-0.25, -0.2) is 0 Å². The van der Waals surface area contributed by atoms with Gasteiger partial charge in [0.25, 0.3) is 0 Å². The van der Waals surface area contributed by atoms with Gasteiger partial charge in [0.05, 0.1) is 6.54 Å². The quantitative estimate of drug-likeness (QED) is 0.841. The van der Waals surface area contributed by atoms with Crippen LogP contribution in [0.25, 0.3) is 0 Å². The Morgan fingerprint density at radius 1 is 1.35 bits per heavy atom. The van der Waals surface area contributed by atoms with Gasteiger partial charge in [-0.3, -0.25) is 4.79 Å². The lowest BCUT2D eigenvalue weighted by atomic mass is 10.2. The summed E-state index contributed by atoms with van der Waals surface area (Å²) in [5, 5.41) is 3.70. The Kier molecular flexibility index (Phi) is 4.97. The predicted octanol–water partition coefficient (Wildman–Crippen LogP) is 2.77. The molecule has 1 aromatic carbocycles. The van der Waals surface area contributed by atoms with Crippen molar-refractivity contribution < 1.29 is 9.53 Å². The Hall–Kier alpha value is -1.06. The number of hydrogen-bond donors (Lipinski definition) is 1. The standard InChI is InChI=1S/C13H18ClNO2/c1-13(2,3)17-12(16)9-15-8-10-6-4-5-7-11(10)14/h4-7,15H,8-9H2,1-3H3. The summed E-state index contributed by atoms with van der Waals surface area (Å²) < 4.78 is 5.17. The smallest absolute Gasteiger partial charge is 0.320 e. The van der Waals surface area contributed by atoms with Gasteiger partial charge in [0.2, 0.25) is 0 Å². The Balaban J connectivity index is 2.34. The first kappa shape index (κ1) is 14.0. The third-order valence-electron chi connectivity index (χ3n) is 1.96. The summed E-state index contributed by atoms with van der Waals surface area (Å²) in [4.78, 5) is 11.4. The van der Waals surface area contributed by atoms with E-state index in [2.05, 4.69) is 5.32 Å². The maximum Gasteiger partial charge on any atom is 0.320 e. The zero-order valence-corrected chi connectivity index (χ0v) is 11.2. The van der Waals surface area contributed by atoms with Crippen LogP contribution in [0.1, 0.15) is 26.3 Å². The summed E-state index contributed by atoms with van der Waals surface area (Å²) in [6.45, 7) is 6.28. The van der Waals surface area contributed by atoms with Gasteiger partial charge in [-0.2, -0.15) is 0 Å². The first-order chi connectivity index (χ1) is 7.88. The van der Waals surface area contributed by atoms with Crippen LogP contribution in [0.2, 0.25) is 5.02 Å². The van der Waals surface area contributed by atoms with E-state index in [1.54, 1.807) is 0 Å². The second-order valence-corrected chi connectivity index (χ2v) is 5.19. The van der Waals surface area contributed by atoms with Crippen molar-refractivity contribution in [3.05, 3.63) is 34.9 Å². The van der Waals surface area contributed by atoms with E-state index < -0.39 is 5.60 Å². The molecule has 0 spiro atoms. The number of esters is 1. The molecule has 0 saturated heterocycles. The van der Waals surface area contributed by atoms with Crippen molar-refractivity contribution in [2.24, 2.45) is 0 Å². The highest BCUT2D eigenvalue weighted by Gasteiger charge is 2.15. The summed E-state index contributed by atoms with van der Waals surface area (Å²) in [5.74, 6) is -0.260. The number of rotatable bonds is 4. The van der Waals surface area contributed by atoms with E-state index in [9.17, 15) is 4.79 Å². The van der Waals surface area contributed by atoms with Crippen molar-refractivity contribution in [1.29, 1.82) is 0 Å². The molecule has 0 aliphatic heterocycles. The second-order valence-electron chi connectivity index (χ2n) is 4.78. The first-order valence-electron chi connectivity index (χ1n) is 5.54. The van der Waals surface area contributed by atoms with Crippen molar-refractivity contribution >= 4 is 17.6 Å². The maximum absolute atomic E-state index is 11.4. The number of ether oxygens (including phenoxy) is 1. The van der Waals surface area contributed by atoms with Gasteiger partial charge in [-0.05, 0) is 32.4 Å². The number of carbonyl (C=O) groups is 1. The molecule has 1 rings (SSSR count). The zero-order valence-electron chi connectivity index (χ0n) is 10.4. The summed E-state index contributed by atoms with van der Waals surface area (Å²) in [5.41, 5.74) is 0.529. The van der Waals surface area contributed by atoms with Crippen molar-refractivity contribution in [2.75, 3.05) is 6.54 Å². The van der Waals surface area contributed by atoms with Crippen LogP contribution in [0.4, 0.5) is 0 Å². The second kappa shape index (κ2) is 6.03. The highest BCUT2D eigenvalue weighted by Crippen LogP contribution is 2.14. The minimum absolute atomic E-state index is 0.183. The molecule has 0 bridgehead atoms. The van der Waals surface area contributed by atoms with Gasteiger partial charge in [0.1, 0.15) is 5.60 Å². The van der Waals surface area contributed by atoms with Gasteiger partial charge in [0.15, 0.2) is 0 Å². The molecule has 0 heterocycles. The molecule has 1 N–H and O–H groups in total. The lowest BCUT2D eigenvalue weighted by Gasteiger charge is -2.19. The van der Waals surface area contributed by atoms with Crippen molar-refractivity contribution in [3.63, 3.8) is 0 Å². The van der Waals surface area contributed by atoms with E-state index in [1.165, 1.54) is 0 Å². The van der Waals surface area contributed by atoms with E-state index in [0.717, 1.165) is 5.56 Å². The molecule has 0 amide bonds. The van der Waals surface area contributed by atoms with Crippen LogP contribution in [-0.2, 0) is 16.1 Å². The molecule has 0 fully saturated rings. The fraction of sp³-hybridized carbons (Fsp3) is 0.462.